The summed E-state index contributed by atoms with van der Waals surface area (Å²) >= 11 is 0. The van der Waals surface area contributed by atoms with Crippen molar-refractivity contribution in [2.75, 3.05) is 13.2 Å². The average Bonchev–Trinajstić information content (AvgIpc) is 3.13. The molecule has 4 N–H and O–H groups in total. The van der Waals surface area contributed by atoms with E-state index in [4.69, 9.17) is 20.1 Å². The lowest BCUT2D eigenvalue weighted by atomic mass is 10.1. The molecule has 106 valence electrons. The summed E-state index contributed by atoms with van der Waals surface area (Å²) in [5, 5.41) is 34.6. The molecule has 1 heterocycles. The van der Waals surface area contributed by atoms with Crippen molar-refractivity contribution in [3.8, 4) is 0 Å². The predicted molar refractivity (Wildman–Crippen MR) is 65.1 cm³/mol. The Bertz CT molecular complexity index is 239. The van der Waals surface area contributed by atoms with Crippen molar-refractivity contribution >= 4 is 5.97 Å². The minimum Gasteiger partial charge on any atom is -0.478 e. The summed E-state index contributed by atoms with van der Waals surface area (Å²) in [4.78, 5) is 9.25. The largest absolute Gasteiger partial charge is 0.478 e. The second-order valence-electron chi connectivity index (χ2n) is 4.15. The zero-order valence-electron chi connectivity index (χ0n) is 10.4. The van der Waals surface area contributed by atoms with E-state index in [2.05, 4.69) is 6.58 Å². The number of ether oxygens (including phenoxy) is 1. The molecule has 0 saturated carbocycles. The molecule has 0 aromatic heterocycles. The van der Waals surface area contributed by atoms with Crippen molar-refractivity contribution in [3.63, 3.8) is 0 Å². The average molecular weight is 262 g/mol. The number of aliphatic hydroxyl groups excluding tert-OH is 3. The Morgan fingerprint density at radius 1 is 1.39 bits per heavy atom. The Kier molecular flexibility index (Phi) is 9.49. The van der Waals surface area contributed by atoms with Gasteiger partial charge in [-0.05, 0) is 19.3 Å². The smallest absolute Gasteiger partial charge is 0.327 e. The van der Waals surface area contributed by atoms with Crippen LogP contribution in [0.2, 0.25) is 0 Å². The molecule has 3 atom stereocenters. The first-order valence-electron chi connectivity index (χ1n) is 5.93. The highest BCUT2D eigenvalue weighted by Crippen LogP contribution is 2.18. The van der Waals surface area contributed by atoms with Crippen LogP contribution in [0, 0.1) is 0 Å². The lowest BCUT2D eigenvalue weighted by molar-refractivity contribution is -0.131. The van der Waals surface area contributed by atoms with Crippen LogP contribution in [0.15, 0.2) is 12.7 Å². The summed E-state index contributed by atoms with van der Waals surface area (Å²) in [6.45, 7) is 3.54. The first-order valence-corrected chi connectivity index (χ1v) is 5.93. The van der Waals surface area contributed by atoms with Crippen LogP contribution >= 0.6 is 0 Å². The normalized spacial score (nSPS) is 20.3. The van der Waals surface area contributed by atoms with Gasteiger partial charge < -0.3 is 25.2 Å². The van der Waals surface area contributed by atoms with Gasteiger partial charge in [0.2, 0.25) is 0 Å². The predicted octanol–water partition coefficient (Wildman–Crippen LogP) is -0.0833. The highest BCUT2D eigenvalue weighted by atomic mass is 16.6. The second kappa shape index (κ2) is 10.0. The van der Waals surface area contributed by atoms with E-state index in [9.17, 15) is 9.90 Å². The van der Waals surface area contributed by atoms with Gasteiger partial charge in [0.25, 0.3) is 0 Å². The van der Waals surface area contributed by atoms with Gasteiger partial charge in [-0.25, -0.2) is 4.79 Å². The highest BCUT2D eigenvalue weighted by molar-refractivity contribution is 5.78. The molecule has 0 aliphatic carbocycles. The molecule has 0 spiro atoms. The summed E-state index contributed by atoms with van der Waals surface area (Å²) in [7, 11) is 0. The fourth-order valence-electron chi connectivity index (χ4n) is 1.31. The Morgan fingerprint density at radius 2 is 1.89 bits per heavy atom. The van der Waals surface area contributed by atoms with E-state index >= 15 is 0 Å². The van der Waals surface area contributed by atoms with E-state index in [0.29, 0.717) is 19.3 Å². The van der Waals surface area contributed by atoms with Crippen molar-refractivity contribution < 1.29 is 30.0 Å². The number of carbonyl (C=O) groups is 1. The number of aliphatic carboxylic acids is 1. The van der Waals surface area contributed by atoms with Gasteiger partial charge in [0.1, 0.15) is 0 Å². The fraction of sp³-hybridized carbons (Fsp3) is 0.750. The molecule has 1 fully saturated rings. The molecular formula is C12H22O6. The summed E-state index contributed by atoms with van der Waals surface area (Å²) in [6, 6.07) is 0. The maximum Gasteiger partial charge on any atom is 0.327 e. The summed E-state index contributed by atoms with van der Waals surface area (Å²) in [5.41, 5.74) is 0. The van der Waals surface area contributed by atoms with E-state index in [-0.39, 0.29) is 18.8 Å². The van der Waals surface area contributed by atoms with E-state index in [0.717, 1.165) is 19.1 Å². The monoisotopic (exact) mass is 262 g/mol. The lowest BCUT2D eigenvalue weighted by Crippen LogP contribution is -2.14. The van der Waals surface area contributed by atoms with Gasteiger partial charge in [-0.1, -0.05) is 6.58 Å². The minimum absolute atomic E-state index is 0.193. The van der Waals surface area contributed by atoms with Crippen LogP contribution in [-0.2, 0) is 9.53 Å². The van der Waals surface area contributed by atoms with Crippen LogP contribution in [-0.4, -0.2) is 57.9 Å². The molecule has 6 nitrogen and oxygen atoms in total. The minimum atomic E-state index is -0.981. The molecule has 1 aliphatic heterocycles. The number of hydrogen-bond donors (Lipinski definition) is 4. The molecule has 18 heavy (non-hydrogen) atoms. The molecule has 3 unspecified atom stereocenters. The molecule has 6 heteroatoms. The number of carboxylic acids is 1. The van der Waals surface area contributed by atoms with Crippen LogP contribution in [0.3, 0.4) is 0 Å². The molecule has 1 rings (SSSR count). The van der Waals surface area contributed by atoms with Crippen LogP contribution in [0.4, 0.5) is 0 Å². The zero-order valence-corrected chi connectivity index (χ0v) is 10.4. The number of rotatable bonds is 8. The highest BCUT2D eigenvalue weighted by Gasteiger charge is 2.25. The molecule has 0 radical (unpaired) electrons. The summed E-state index contributed by atoms with van der Waals surface area (Å²) in [5.74, 6) is -0.981. The van der Waals surface area contributed by atoms with Crippen LogP contribution < -0.4 is 0 Å². The van der Waals surface area contributed by atoms with Crippen LogP contribution in [0.1, 0.15) is 25.7 Å². The molecule has 0 aromatic carbocycles. The molecular weight excluding hydrogens is 240 g/mol. The lowest BCUT2D eigenvalue weighted by Gasteiger charge is -2.10. The van der Waals surface area contributed by atoms with Gasteiger partial charge in [0.15, 0.2) is 0 Å². The van der Waals surface area contributed by atoms with E-state index < -0.39 is 12.1 Å². The standard InChI is InChI=1S/C9H18O4.C3H4O2/c10-5-8(12)3-1-2-7(11)4-9-6-13-9;1-2-3(4)5/h7-12H,1-6H2;2H,1H2,(H,4,5). The number of aliphatic hydroxyl groups is 3. The molecule has 0 amide bonds. The summed E-state index contributed by atoms with van der Waals surface area (Å²) < 4.78 is 4.98. The van der Waals surface area contributed by atoms with Crippen molar-refractivity contribution in [2.45, 2.75) is 44.0 Å². The third-order valence-electron chi connectivity index (χ3n) is 2.40. The van der Waals surface area contributed by atoms with Crippen LogP contribution in [0.25, 0.3) is 0 Å². The number of carboxylic acid groups (broad SMARTS) is 1. The summed E-state index contributed by atoms with van der Waals surface area (Å²) in [6.07, 6.45) is 2.82. The van der Waals surface area contributed by atoms with E-state index in [1.807, 2.05) is 0 Å². The van der Waals surface area contributed by atoms with Crippen LogP contribution in [0.5, 0.6) is 0 Å². The van der Waals surface area contributed by atoms with Gasteiger partial charge in [0.05, 0.1) is 31.5 Å². The quantitative estimate of drug-likeness (QED) is 0.359. The molecule has 0 bridgehead atoms. The third kappa shape index (κ3) is 11.5. The van der Waals surface area contributed by atoms with Crippen molar-refractivity contribution in [3.05, 3.63) is 12.7 Å². The van der Waals surface area contributed by atoms with E-state index in [1.165, 1.54) is 0 Å². The maximum atomic E-state index is 9.42. The number of hydrogen-bond acceptors (Lipinski definition) is 5. The Morgan fingerprint density at radius 3 is 2.28 bits per heavy atom. The van der Waals surface area contributed by atoms with Crippen molar-refractivity contribution in [1.29, 1.82) is 0 Å². The third-order valence-corrected chi connectivity index (χ3v) is 2.40. The Labute approximate surface area is 107 Å². The second-order valence-corrected chi connectivity index (χ2v) is 4.15. The van der Waals surface area contributed by atoms with Crippen molar-refractivity contribution in [2.24, 2.45) is 0 Å². The van der Waals surface area contributed by atoms with Gasteiger partial charge in [-0.2, -0.15) is 0 Å². The van der Waals surface area contributed by atoms with Crippen molar-refractivity contribution in [1.82, 2.24) is 0 Å². The van der Waals surface area contributed by atoms with Gasteiger partial charge in [0, 0.05) is 12.5 Å². The van der Waals surface area contributed by atoms with E-state index in [1.54, 1.807) is 0 Å². The zero-order chi connectivity index (χ0) is 14.0. The number of epoxide rings is 1. The molecule has 1 aliphatic rings. The Hall–Kier alpha value is -0.950. The fourth-order valence-corrected chi connectivity index (χ4v) is 1.31. The Balaban J connectivity index is 0.000000494. The first-order chi connectivity index (χ1) is 8.49. The molecule has 0 aromatic rings. The topological polar surface area (TPSA) is 111 Å². The van der Waals surface area contributed by atoms with Gasteiger partial charge >= 0.3 is 5.97 Å². The van der Waals surface area contributed by atoms with Gasteiger partial charge in [-0.15, -0.1) is 0 Å². The molecule has 1 saturated heterocycles. The first kappa shape index (κ1) is 17.1. The maximum absolute atomic E-state index is 9.42. The van der Waals surface area contributed by atoms with Gasteiger partial charge in [-0.3, -0.25) is 0 Å². The SMILES string of the molecule is C=CC(=O)O.OCC(O)CCCC(O)CC1CO1.